The molecule has 0 aliphatic heterocycles. The van der Waals surface area contributed by atoms with Crippen molar-refractivity contribution < 1.29 is 9.18 Å². The first-order valence-electron chi connectivity index (χ1n) is 5.00. The van der Waals surface area contributed by atoms with Crippen LogP contribution in [-0.2, 0) is 4.79 Å². The maximum Gasteiger partial charge on any atom is 0.154 e. The van der Waals surface area contributed by atoms with Crippen molar-refractivity contribution in [1.82, 2.24) is 0 Å². The normalized spacial score (nSPS) is 10.5. The zero-order valence-corrected chi connectivity index (χ0v) is 9.33. The number of hydrogen-bond acceptors (Lipinski definition) is 2. The van der Waals surface area contributed by atoms with Crippen LogP contribution < -0.4 is 4.90 Å². The Bertz CT molecular complexity index is 349. The van der Waals surface area contributed by atoms with Crippen molar-refractivity contribution in [3.8, 4) is 0 Å². The molecule has 1 aromatic carbocycles. The monoisotopic (exact) mass is 209 g/mol. The lowest BCUT2D eigenvalue weighted by molar-refractivity contribution is -0.120. The highest BCUT2D eigenvalue weighted by atomic mass is 19.1. The van der Waals surface area contributed by atoms with E-state index in [4.69, 9.17) is 0 Å². The van der Waals surface area contributed by atoms with E-state index in [1.165, 1.54) is 12.1 Å². The van der Waals surface area contributed by atoms with Crippen LogP contribution >= 0.6 is 0 Å². The fourth-order valence-corrected chi connectivity index (χ4v) is 1.22. The summed E-state index contributed by atoms with van der Waals surface area (Å²) in [4.78, 5) is 13.2. The molecule has 1 rings (SSSR count). The number of benzene rings is 1. The first kappa shape index (κ1) is 11.7. The van der Waals surface area contributed by atoms with Crippen LogP contribution in [0.2, 0.25) is 0 Å². The van der Waals surface area contributed by atoms with Gasteiger partial charge in [-0.3, -0.25) is 4.79 Å². The molecule has 0 amide bonds. The standard InChI is InChI=1S/C12H16FNO/c1-9(2)12(15)8-14(3)11-6-4-5-10(13)7-11/h4-7,9H,8H2,1-3H3. The molecule has 15 heavy (non-hydrogen) atoms. The molecule has 0 bridgehead atoms. The van der Waals surface area contributed by atoms with Crippen LogP contribution in [-0.4, -0.2) is 19.4 Å². The topological polar surface area (TPSA) is 20.3 Å². The van der Waals surface area contributed by atoms with Crippen LogP contribution in [0.1, 0.15) is 13.8 Å². The third kappa shape index (κ3) is 3.35. The fourth-order valence-electron chi connectivity index (χ4n) is 1.22. The molecule has 0 fully saturated rings. The Kier molecular flexibility index (Phi) is 3.83. The lowest BCUT2D eigenvalue weighted by Crippen LogP contribution is -2.28. The number of carbonyl (C=O) groups excluding carboxylic acids is 1. The minimum Gasteiger partial charge on any atom is -0.367 e. The van der Waals surface area contributed by atoms with E-state index in [0.29, 0.717) is 6.54 Å². The summed E-state index contributed by atoms with van der Waals surface area (Å²) in [6.07, 6.45) is 0. The third-order valence-electron chi connectivity index (χ3n) is 2.29. The van der Waals surface area contributed by atoms with Crippen LogP contribution in [0.3, 0.4) is 0 Å². The molecule has 0 aliphatic carbocycles. The molecule has 0 aromatic heterocycles. The van der Waals surface area contributed by atoms with Gasteiger partial charge in [-0.1, -0.05) is 19.9 Å². The molecular weight excluding hydrogens is 193 g/mol. The minimum atomic E-state index is -0.281. The molecule has 0 radical (unpaired) electrons. The number of ketones is 1. The zero-order valence-electron chi connectivity index (χ0n) is 9.33. The average molecular weight is 209 g/mol. The Morgan fingerprint density at radius 1 is 1.47 bits per heavy atom. The van der Waals surface area contributed by atoms with Crippen LogP contribution in [0.5, 0.6) is 0 Å². The molecule has 2 nitrogen and oxygen atoms in total. The van der Waals surface area contributed by atoms with Gasteiger partial charge in [0.1, 0.15) is 5.82 Å². The molecule has 0 saturated carbocycles. The Labute approximate surface area is 89.7 Å². The number of halogens is 1. The van der Waals surface area contributed by atoms with E-state index in [9.17, 15) is 9.18 Å². The van der Waals surface area contributed by atoms with E-state index in [2.05, 4.69) is 0 Å². The van der Waals surface area contributed by atoms with E-state index in [0.717, 1.165) is 5.69 Å². The van der Waals surface area contributed by atoms with Gasteiger partial charge in [0, 0.05) is 18.7 Å². The SMILES string of the molecule is CC(C)C(=O)CN(C)c1cccc(F)c1. The number of rotatable bonds is 4. The second-order valence-electron chi connectivity index (χ2n) is 3.96. The van der Waals surface area contributed by atoms with E-state index in [1.807, 2.05) is 13.8 Å². The highest BCUT2D eigenvalue weighted by molar-refractivity contribution is 5.84. The number of nitrogens with zero attached hydrogens (tertiary/aromatic N) is 1. The zero-order chi connectivity index (χ0) is 11.4. The minimum absolute atomic E-state index is 0.0148. The molecule has 82 valence electrons. The number of Topliss-reactive ketones (excluding diaryl/α,β-unsaturated/α-hetero) is 1. The van der Waals surface area contributed by atoms with Gasteiger partial charge in [0.2, 0.25) is 0 Å². The van der Waals surface area contributed by atoms with E-state index in [1.54, 1.807) is 24.1 Å². The first-order chi connectivity index (χ1) is 7.00. The third-order valence-corrected chi connectivity index (χ3v) is 2.29. The van der Waals surface area contributed by atoms with E-state index in [-0.39, 0.29) is 17.5 Å². The summed E-state index contributed by atoms with van der Waals surface area (Å²) in [5, 5.41) is 0. The van der Waals surface area contributed by atoms with Crippen molar-refractivity contribution in [2.24, 2.45) is 5.92 Å². The highest BCUT2D eigenvalue weighted by Crippen LogP contribution is 2.14. The average Bonchev–Trinajstić information content (AvgIpc) is 2.17. The Hall–Kier alpha value is -1.38. The molecule has 0 aliphatic rings. The lowest BCUT2D eigenvalue weighted by Gasteiger charge is -2.19. The van der Waals surface area contributed by atoms with Gasteiger partial charge in [-0.25, -0.2) is 4.39 Å². The maximum atomic E-state index is 12.9. The van der Waals surface area contributed by atoms with Gasteiger partial charge in [-0.05, 0) is 18.2 Å². The van der Waals surface area contributed by atoms with Gasteiger partial charge >= 0.3 is 0 Å². The van der Waals surface area contributed by atoms with Crippen molar-refractivity contribution >= 4 is 11.5 Å². The van der Waals surface area contributed by atoms with E-state index < -0.39 is 0 Å². The second-order valence-corrected chi connectivity index (χ2v) is 3.96. The number of hydrogen-bond donors (Lipinski definition) is 0. The molecule has 1 aromatic rings. The van der Waals surface area contributed by atoms with Crippen LogP contribution in [0.25, 0.3) is 0 Å². The summed E-state index contributed by atoms with van der Waals surface area (Å²) in [7, 11) is 1.79. The summed E-state index contributed by atoms with van der Waals surface area (Å²) < 4.78 is 12.9. The summed E-state index contributed by atoms with van der Waals surface area (Å²) in [5.74, 6) is -0.112. The Morgan fingerprint density at radius 3 is 2.67 bits per heavy atom. The fraction of sp³-hybridized carbons (Fsp3) is 0.417. The molecule has 0 N–H and O–H groups in total. The highest BCUT2D eigenvalue weighted by Gasteiger charge is 2.11. The quantitative estimate of drug-likeness (QED) is 0.759. The van der Waals surface area contributed by atoms with Crippen LogP contribution in [0.4, 0.5) is 10.1 Å². The molecule has 0 unspecified atom stereocenters. The van der Waals surface area contributed by atoms with Crippen molar-refractivity contribution in [2.45, 2.75) is 13.8 Å². The summed E-state index contributed by atoms with van der Waals surface area (Å²) >= 11 is 0. The summed E-state index contributed by atoms with van der Waals surface area (Å²) in [5.41, 5.74) is 0.726. The molecule has 0 atom stereocenters. The van der Waals surface area contributed by atoms with Gasteiger partial charge in [0.15, 0.2) is 5.78 Å². The van der Waals surface area contributed by atoms with Gasteiger partial charge < -0.3 is 4.90 Å². The summed E-state index contributed by atoms with van der Waals surface area (Å²) in [6, 6.07) is 6.24. The molecular formula is C12H16FNO. The van der Waals surface area contributed by atoms with Gasteiger partial charge in [-0.15, -0.1) is 0 Å². The second kappa shape index (κ2) is 4.91. The maximum absolute atomic E-state index is 12.9. The molecule has 0 heterocycles. The van der Waals surface area contributed by atoms with Gasteiger partial charge in [-0.2, -0.15) is 0 Å². The lowest BCUT2D eigenvalue weighted by atomic mass is 10.1. The number of anilines is 1. The number of carbonyl (C=O) groups is 1. The van der Waals surface area contributed by atoms with Gasteiger partial charge in [0.25, 0.3) is 0 Å². The molecule has 3 heteroatoms. The van der Waals surface area contributed by atoms with Crippen molar-refractivity contribution in [1.29, 1.82) is 0 Å². The molecule has 0 spiro atoms. The van der Waals surface area contributed by atoms with Crippen molar-refractivity contribution in [2.75, 3.05) is 18.5 Å². The van der Waals surface area contributed by atoms with Crippen LogP contribution in [0, 0.1) is 11.7 Å². The number of likely N-dealkylation sites (N-methyl/N-ethyl adjacent to an activating group) is 1. The summed E-state index contributed by atoms with van der Waals surface area (Å²) in [6.45, 7) is 4.05. The Balaban J connectivity index is 2.69. The smallest absolute Gasteiger partial charge is 0.154 e. The predicted octanol–water partition coefficient (Wildman–Crippen LogP) is 2.49. The van der Waals surface area contributed by atoms with Crippen LogP contribution in [0.15, 0.2) is 24.3 Å². The van der Waals surface area contributed by atoms with E-state index >= 15 is 0 Å². The predicted molar refractivity (Wildman–Crippen MR) is 59.5 cm³/mol. The van der Waals surface area contributed by atoms with Crippen molar-refractivity contribution in [3.05, 3.63) is 30.1 Å². The first-order valence-corrected chi connectivity index (χ1v) is 5.00. The Morgan fingerprint density at radius 2 is 2.13 bits per heavy atom. The van der Waals surface area contributed by atoms with Crippen molar-refractivity contribution in [3.63, 3.8) is 0 Å². The van der Waals surface area contributed by atoms with Gasteiger partial charge in [0.05, 0.1) is 6.54 Å². The largest absolute Gasteiger partial charge is 0.367 e. The molecule has 0 saturated heterocycles.